The van der Waals surface area contributed by atoms with E-state index >= 15 is 0 Å². The van der Waals surface area contributed by atoms with Gasteiger partial charge in [0.2, 0.25) is 0 Å². The van der Waals surface area contributed by atoms with Crippen molar-refractivity contribution in [3.8, 4) is 5.75 Å². The lowest BCUT2D eigenvalue weighted by Gasteiger charge is -2.18. The van der Waals surface area contributed by atoms with Gasteiger partial charge in [-0.3, -0.25) is 4.79 Å². The Morgan fingerprint density at radius 3 is 2.77 bits per heavy atom. The standard InChI is InChI=1S/C17H13ClN2O2/c18-13-7-3-1-5-11(13)14-9-15-12-6-2-4-8-16(12)22-10-17(21)20(15)19-14/h1-8,15H,9-10H2. The molecule has 0 N–H and O–H groups in total. The third-order valence-corrected chi connectivity index (χ3v) is 4.31. The smallest absolute Gasteiger partial charge is 0.281 e. The minimum absolute atomic E-state index is 0.00676. The monoisotopic (exact) mass is 312 g/mol. The molecule has 2 aliphatic rings. The maximum absolute atomic E-state index is 12.3. The van der Waals surface area contributed by atoms with E-state index < -0.39 is 0 Å². The minimum atomic E-state index is -0.136. The van der Waals surface area contributed by atoms with Crippen LogP contribution in [0.25, 0.3) is 0 Å². The van der Waals surface area contributed by atoms with E-state index in [4.69, 9.17) is 16.3 Å². The largest absolute Gasteiger partial charge is 0.483 e. The summed E-state index contributed by atoms with van der Waals surface area (Å²) in [6, 6.07) is 15.2. The van der Waals surface area contributed by atoms with E-state index in [2.05, 4.69) is 5.10 Å². The molecule has 0 aliphatic carbocycles. The molecule has 1 atom stereocenters. The fourth-order valence-corrected chi connectivity index (χ4v) is 3.18. The van der Waals surface area contributed by atoms with E-state index in [1.807, 2.05) is 48.5 Å². The van der Waals surface area contributed by atoms with Crippen molar-refractivity contribution in [1.82, 2.24) is 5.01 Å². The maximum Gasteiger partial charge on any atom is 0.281 e. The fourth-order valence-electron chi connectivity index (χ4n) is 2.93. The van der Waals surface area contributed by atoms with Gasteiger partial charge in [0.1, 0.15) is 5.75 Å². The topological polar surface area (TPSA) is 41.9 Å². The molecule has 0 saturated carbocycles. The summed E-state index contributed by atoms with van der Waals surface area (Å²) < 4.78 is 5.58. The molecule has 4 rings (SSSR count). The summed E-state index contributed by atoms with van der Waals surface area (Å²) in [6.45, 7) is 0.00676. The average Bonchev–Trinajstić information content (AvgIpc) is 2.93. The van der Waals surface area contributed by atoms with Crippen LogP contribution < -0.4 is 4.74 Å². The van der Waals surface area contributed by atoms with Crippen LogP contribution in [0.4, 0.5) is 0 Å². The van der Waals surface area contributed by atoms with Gasteiger partial charge in [-0.1, -0.05) is 48.0 Å². The average molecular weight is 313 g/mol. The summed E-state index contributed by atoms with van der Waals surface area (Å²) in [7, 11) is 0. The Bertz CT molecular complexity index is 788. The number of amides is 1. The Morgan fingerprint density at radius 1 is 1.14 bits per heavy atom. The van der Waals surface area contributed by atoms with Crippen molar-refractivity contribution in [2.75, 3.05) is 6.61 Å². The summed E-state index contributed by atoms with van der Waals surface area (Å²) in [5.74, 6) is 0.613. The molecular formula is C17H13ClN2O2. The van der Waals surface area contributed by atoms with E-state index in [9.17, 15) is 4.79 Å². The molecule has 1 amide bonds. The zero-order valence-electron chi connectivity index (χ0n) is 11.7. The zero-order chi connectivity index (χ0) is 15.1. The van der Waals surface area contributed by atoms with Crippen molar-refractivity contribution in [3.05, 3.63) is 64.7 Å². The van der Waals surface area contributed by atoms with Crippen molar-refractivity contribution in [1.29, 1.82) is 0 Å². The molecule has 22 heavy (non-hydrogen) atoms. The van der Waals surface area contributed by atoms with Crippen LogP contribution in [0.5, 0.6) is 5.75 Å². The normalized spacial score (nSPS) is 19.9. The predicted molar refractivity (Wildman–Crippen MR) is 84.1 cm³/mol. The number of rotatable bonds is 1. The molecule has 0 bridgehead atoms. The van der Waals surface area contributed by atoms with Crippen LogP contribution in [0, 0.1) is 0 Å². The molecule has 4 nitrogen and oxygen atoms in total. The Balaban J connectivity index is 1.78. The highest BCUT2D eigenvalue weighted by atomic mass is 35.5. The molecule has 0 radical (unpaired) electrons. The van der Waals surface area contributed by atoms with Crippen molar-refractivity contribution < 1.29 is 9.53 Å². The number of hydrogen-bond donors (Lipinski definition) is 0. The van der Waals surface area contributed by atoms with Gasteiger partial charge in [0.25, 0.3) is 5.91 Å². The molecule has 0 fully saturated rings. The molecule has 0 aromatic heterocycles. The number of hydrazone groups is 1. The molecule has 5 heteroatoms. The van der Waals surface area contributed by atoms with E-state index in [-0.39, 0.29) is 18.6 Å². The first kappa shape index (κ1) is 13.3. The van der Waals surface area contributed by atoms with Crippen LogP contribution in [-0.4, -0.2) is 23.2 Å². The first-order chi connectivity index (χ1) is 10.7. The summed E-state index contributed by atoms with van der Waals surface area (Å²) in [4.78, 5) is 12.3. The highest BCUT2D eigenvalue weighted by Gasteiger charge is 2.37. The van der Waals surface area contributed by atoms with Crippen LogP contribution in [-0.2, 0) is 4.79 Å². The second-order valence-corrected chi connectivity index (χ2v) is 5.72. The van der Waals surface area contributed by atoms with Crippen LogP contribution in [0.1, 0.15) is 23.6 Å². The molecule has 2 aliphatic heterocycles. The van der Waals surface area contributed by atoms with E-state index in [1.165, 1.54) is 5.01 Å². The number of fused-ring (bicyclic) bond motifs is 3. The molecule has 0 spiro atoms. The number of carbonyl (C=O) groups is 1. The van der Waals surface area contributed by atoms with Crippen molar-refractivity contribution in [3.63, 3.8) is 0 Å². The number of nitrogens with zero attached hydrogens (tertiary/aromatic N) is 2. The maximum atomic E-state index is 12.3. The molecule has 2 aromatic carbocycles. The van der Waals surface area contributed by atoms with Gasteiger partial charge >= 0.3 is 0 Å². The summed E-state index contributed by atoms with van der Waals surface area (Å²) in [5.41, 5.74) is 2.70. The third kappa shape index (κ3) is 2.07. The predicted octanol–water partition coefficient (Wildman–Crippen LogP) is 3.41. The van der Waals surface area contributed by atoms with E-state index in [1.54, 1.807) is 0 Å². The lowest BCUT2D eigenvalue weighted by Crippen LogP contribution is -2.28. The molecule has 2 heterocycles. The zero-order valence-corrected chi connectivity index (χ0v) is 12.5. The first-order valence-electron chi connectivity index (χ1n) is 7.10. The van der Waals surface area contributed by atoms with Gasteiger partial charge in [0, 0.05) is 22.6 Å². The molecule has 2 aromatic rings. The Hall–Kier alpha value is -2.33. The number of benzene rings is 2. The summed E-state index contributed by atoms with van der Waals surface area (Å²) in [5, 5.41) is 6.70. The van der Waals surface area contributed by atoms with Gasteiger partial charge < -0.3 is 4.74 Å². The number of carbonyl (C=O) groups excluding carboxylic acids is 1. The number of para-hydroxylation sites is 1. The van der Waals surface area contributed by atoms with E-state index in [0.717, 1.165) is 22.6 Å². The number of halogens is 1. The van der Waals surface area contributed by atoms with Crippen LogP contribution in [0.2, 0.25) is 5.02 Å². The highest BCUT2D eigenvalue weighted by molar-refractivity contribution is 6.34. The highest BCUT2D eigenvalue weighted by Crippen LogP contribution is 2.39. The van der Waals surface area contributed by atoms with Crippen molar-refractivity contribution in [2.24, 2.45) is 5.10 Å². The first-order valence-corrected chi connectivity index (χ1v) is 7.48. The Morgan fingerprint density at radius 2 is 1.91 bits per heavy atom. The quantitative estimate of drug-likeness (QED) is 0.809. The molecule has 1 unspecified atom stereocenters. The second-order valence-electron chi connectivity index (χ2n) is 5.31. The lowest BCUT2D eigenvalue weighted by molar-refractivity contribution is -0.134. The molecular weight excluding hydrogens is 300 g/mol. The van der Waals surface area contributed by atoms with Gasteiger partial charge in [-0.25, -0.2) is 5.01 Å². The van der Waals surface area contributed by atoms with Gasteiger partial charge in [0.05, 0.1) is 11.8 Å². The van der Waals surface area contributed by atoms with Gasteiger partial charge in [-0.2, -0.15) is 5.10 Å². The SMILES string of the molecule is O=C1COc2ccccc2C2CC(c3ccccc3Cl)=NN12. The van der Waals surface area contributed by atoms with Crippen LogP contribution >= 0.6 is 11.6 Å². The van der Waals surface area contributed by atoms with Crippen molar-refractivity contribution >= 4 is 23.2 Å². The summed E-state index contributed by atoms with van der Waals surface area (Å²) in [6.07, 6.45) is 0.635. The Kier molecular flexibility index (Phi) is 3.12. The van der Waals surface area contributed by atoms with Crippen molar-refractivity contribution in [2.45, 2.75) is 12.5 Å². The number of hydrogen-bond acceptors (Lipinski definition) is 3. The number of ether oxygens (including phenoxy) is 1. The van der Waals surface area contributed by atoms with Gasteiger partial charge in [-0.15, -0.1) is 0 Å². The minimum Gasteiger partial charge on any atom is -0.483 e. The third-order valence-electron chi connectivity index (χ3n) is 3.98. The molecule has 0 saturated heterocycles. The molecule has 110 valence electrons. The Labute approximate surface area is 133 Å². The van der Waals surface area contributed by atoms with Gasteiger partial charge in [0.15, 0.2) is 6.61 Å². The lowest BCUT2D eigenvalue weighted by atomic mass is 9.98. The fraction of sp³-hybridized carbons (Fsp3) is 0.176. The summed E-state index contributed by atoms with van der Waals surface area (Å²) >= 11 is 6.26. The van der Waals surface area contributed by atoms with Crippen LogP contribution in [0.3, 0.4) is 0 Å². The van der Waals surface area contributed by atoms with Crippen LogP contribution in [0.15, 0.2) is 53.6 Å². The second kappa shape index (κ2) is 5.14. The van der Waals surface area contributed by atoms with E-state index in [0.29, 0.717) is 11.4 Å². The van der Waals surface area contributed by atoms with Gasteiger partial charge in [-0.05, 0) is 12.1 Å².